The van der Waals surface area contributed by atoms with Crippen molar-refractivity contribution in [3.8, 4) is 0 Å². The second kappa shape index (κ2) is 6.16. The molecule has 0 amide bonds. The minimum absolute atomic E-state index is 0.288. The summed E-state index contributed by atoms with van der Waals surface area (Å²) in [6.45, 7) is 4.64. The highest BCUT2D eigenvalue weighted by atomic mass is 35.5. The van der Waals surface area contributed by atoms with Crippen molar-refractivity contribution in [3.05, 3.63) is 16.9 Å². The molecule has 0 radical (unpaired) electrons. The molecular weight excluding hydrogens is 308 g/mol. The van der Waals surface area contributed by atoms with E-state index in [4.69, 9.17) is 16.3 Å². The number of carboxylic acid groups (broad SMARTS) is 1. The summed E-state index contributed by atoms with van der Waals surface area (Å²) in [5.74, 6) is -0.770. The Morgan fingerprint density at radius 1 is 1.45 bits per heavy atom. The minimum atomic E-state index is -0.837. The first-order valence-electron chi connectivity index (χ1n) is 7.48. The lowest BCUT2D eigenvalue weighted by molar-refractivity contribution is -0.153. The van der Waals surface area contributed by atoms with Gasteiger partial charge in [0.15, 0.2) is 0 Å². The average Bonchev–Trinajstić information content (AvgIpc) is 3.11. The van der Waals surface area contributed by atoms with Crippen molar-refractivity contribution >= 4 is 17.6 Å². The molecule has 2 aliphatic heterocycles. The summed E-state index contributed by atoms with van der Waals surface area (Å²) in [5.41, 5.74) is 0.156. The molecule has 1 aromatic rings. The second-order valence-electron chi connectivity index (χ2n) is 5.97. The van der Waals surface area contributed by atoms with Crippen molar-refractivity contribution < 1.29 is 14.6 Å². The molecule has 0 aromatic carbocycles. The van der Waals surface area contributed by atoms with Gasteiger partial charge in [0.2, 0.25) is 0 Å². The number of hydrogen-bond donors (Lipinski definition) is 1. The fourth-order valence-corrected chi connectivity index (χ4v) is 3.49. The normalized spacial score (nSPS) is 27.4. The SMILES string of the molecule is Cn1ncc(Cl)c1CN1CCN(C2(C(=O)O)CCOC2)CC1. The van der Waals surface area contributed by atoms with Crippen LogP contribution < -0.4 is 0 Å². The summed E-state index contributed by atoms with van der Waals surface area (Å²) in [6, 6.07) is 0. The zero-order chi connectivity index (χ0) is 15.7. The molecule has 0 saturated carbocycles. The Labute approximate surface area is 134 Å². The van der Waals surface area contributed by atoms with E-state index in [2.05, 4.69) is 14.9 Å². The molecule has 7 nitrogen and oxygen atoms in total. The van der Waals surface area contributed by atoms with Crippen molar-refractivity contribution in [2.45, 2.75) is 18.5 Å². The van der Waals surface area contributed by atoms with Gasteiger partial charge in [0, 0.05) is 52.8 Å². The number of ether oxygens (including phenoxy) is 1. The van der Waals surface area contributed by atoms with E-state index in [0.29, 0.717) is 18.1 Å². The van der Waals surface area contributed by atoms with Gasteiger partial charge in [0.25, 0.3) is 0 Å². The number of aryl methyl sites for hydroxylation is 1. The number of aromatic nitrogens is 2. The number of rotatable bonds is 4. The van der Waals surface area contributed by atoms with Crippen LogP contribution in [-0.2, 0) is 23.1 Å². The first-order valence-corrected chi connectivity index (χ1v) is 7.86. The number of carbonyl (C=O) groups is 1. The predicted molar refractivity (Wildman–Crippen MR) is 80.9 cm³/mol. The molecule has 0 bridgehead atoms. The average molecular weight is 329 g/mol. The molecule has 2 fully saturated rings. The molecule has 2 aliphatic rings. The van der Waals surface area contributed by atoms with Crippen molar-refractivity contribution in [2.75, 3.05) is 39.4 Å². The minimum Gasteiger partial charge on any atom is -0.480 e. The van der Waals surface area contributed by atoms with Gasteiger partial charge in [-0.2, -0.15) is 5.10 Å². The Balaban J connectivity index is 1.62. The van der Waals surface area contributed by atoms with Crippen LogP contribution in [0.15, 0.2) is 6.20 Å². The van der Waals surface area contributed by atoms with Crippen LogP contribution >= 0.6 is 11.6 Å². The van der Waals surface area contributed by atoms with E-state index < -0.39 is 11.5 Å². The Bertz CT molecular complexity index is 529. The van der Waals surface area contributed by atoms with Crippen molar-refractivity contribution in [1.29, 1.82) is 0 Å². The highest BCUT2D eigenvalue weighted by molar-refractivity contribution is 6.31. The van der Waals surface area contributed by atoms with Gasteiger partial charge in [-0.25, -0.2) is 0 Å². The first-order chi connectivity index (χ1) is 10.5. The number of carboxylic acids is 1. The summed E-state index contributed by atoms with van der Waals surface area (Å²) >= 11 is 6.15. The quantitative estimate of drug-likeness (QED) is 0.864. The maximum absolute atomic E-state index is 11.7. The largest absolute Gasteiger partial charge is 0.480 e. The van der Waals surface area contributed by atoms with Gasteiger partial charge >= 0.3 is 5.97 Å². The molecule has 22 heavy (non-hydrogen) atoms. The third-order valence-electron chi connectivity index (χ3n) is 4.76. The summed E-state index contributed by atoms with van der Waals surface area (Å²) < 4.78 is 7.14. The monoisotopic (exact) mass is 328 g/mol. The fraction of sp³-hybridized carbons (Fsp3) is 0.714. The molecule has 1 aromatic heterocycles. The zero-order valence-corrected chi connectivity index (χ0v) is 13.4. The summed E-state index contributed by atoms with van der Waals surface area (Å²) in [6.07, 6.45) is 2.22. The molecule has 1 atom stereocenters. The summed E-state index contributed by atoms with van der Waals surface area (Å²) in [7, 11) is 1.88. The molecule has 1 N–H and O–H groups in total. The molecular formula is C14H21ClN4O3. The van der Waals surface area contributed by atoms with Crippen LogP contribution in [-0.4, -0.2) is 75.6 Å². The van der Waals surface area contributed by atoms with Gasteiger partial charge < -0.3 is 9.84 Å². The van der Waals surface area contributed by atoms with E-state index in [1.807, 2.05) is 7.05 Å². The van der Waals surface area contributed by atoms with Gasteiger partial charge in [0.1, 0.15) is 5.54 Å². The third-order valence-corrected chi connectivity index (χ3v) is 5.08. The van der Waals surface area contributed by atoms with Gasteiger partial charge in [-0.15, -0.1) is 0 Å². The van der Waals surface area contributed by atoms with Crippen molar-refractivity contribution in [1.82, 2.24) is 19.6 Å². The van der Waals surface area contributed by atoms with Crippen LogP contribution in [0.1, 0.15) is 12.1 Å². The molecule has 3 rings (SSSR count). The van der Waals surface area contributed by atoms with E-state index in [1.165, 1.54) is 0 Å². The number of aliphatic carboxylic acids is 1. The van der Waals surface area contributed by atoms with Crippen LogP contribution in [0, 0.1) is 0 Å². The van der Waals surface area contributed by atoms with Crippen LogP contribution in [0.5, 0.6) is 0 Å². The molecule has 2 saturated heterocycles. The van der Waals surface area contributed by atoms with Crippen LogP contribution in [0.4, 0.5) is 0 Å². The smallest absolute Gasteiger partial charge is 0.326 e. The topological polar surface area (TPSA) is 70.8 Å². The molecule has 0 aliphatic carbocycles. The maximum Gasteiger partial charge on any atom is 0.326 e. The number of halogens is 1. The molecule has 122 valence electrons. The first kappa shape index (κ1) is 15.7. The lowest BCUT2D eigenvalue weighted by atomic mass is 9.95. The highest BCUT2D eigenvalue weighted by Gasteiger charge is 2.48. The van der Waals surface area contributed by atoms with Gasteiger partial charge in [0.05, 0.1) is 23.5 Å². The standard InChI is InChI=1S/C14H21ClN4O3/c1-17-12(11(15)8-16-17)9-18-3-5-19(6-4-18)14(13(20)21)2-7-22-10-14/h8H,2-7,9-10H2,1H3,(H,20,21). The van der Waals surface area contributed by atoms with Gasteiger partial charge in [-0.3, -0.25) is 19.3 Å². The second-order valence-corrected chi connectivity index (χ2v) is 6.37. The number of nitrogens with zero attached hydrogens (tertiary/aromatic N) is 4. The molecule has 3 heterocycles. The van der Waals surface area contributed by atoms with Crippen LogP contribution in [0.25, 0.3) is 0 Å². The van der Waals surface area contributed by atoms with E-state index >= 15 is 0 Å². The highest BCUT2D eigenvalue weighted by Crippen LogP contribution is 2.28. The Morgan fingerprint density at radius 3 is 2.68 bits per heavy atom. The summed E-state index contributed by atoms with van der Waals surface area (Å²) in [5, 5.41) is 14.4. The fourth-order valence-electron chi connectivity index (χ4n) is 3.27. The van der Waals surface area contributed by atoms with Crippen LogP contribution in [0.2, 0.25) is 5.02 Å². The molecule has 8 heteroatoms. The van der Waals surface area contributed by atoms with E-state index in [-0.39, 0.29) is 6.61 Å². The zero-order valence-electron chi connectivity index (χ0n) is 12.7. The molecule has 0 spiro atoms. The maximum atomic E-state index is 11.7. The molecule has 1 unspecified atom stereocenters. The number of piperazine rings is 1. The Kier molecular flexibility index (Phi) is 4.40. The lowest BCUT2D eigenvalue weighted by Crippen LogP contribution is -2.61. The van der Waals surface area contributed by atoms with Crippen molar-refractivity contribution in [3.63, 3.8) is 0 Å². The van der Waals surface area contributed by atoms with E-state index in [1.54, 1.807) is 10.9 Å². The lowest BCUT2D eigenvalue weighted by Gasteiger charge is -2.42. The van der Waals surface area contributed by atoms with E-state index in [9.17, 15) is 9.90 Å². The van der Waals surface area contributed by atoms with Gasteiger partial charge in [-0.05, 0) is 0 Å². The van der Waals surface area contributed by atoms with Crippen molar-refractivity contribution in [2.24, 2.45) is 7.05 Å². The predicted octanol–water partition coefficient (Wildman–Crippen LogP) is 0.435. The Morgan fingerprint density at radius 2 is 2.18 bits per heavy atom. The van der Waals surface area contributed by atoms with E-state index in [0.717, 1.165) is 38.4 Å². The Hall–Kier alpha value is -1.15. The van der Waals surface area contributed by atoms with Crippen LogP contribution in [0.3, 0.4) is 0 Å². The third kappa shape index (κ3) is 2.74. The van der Waals surface area contributed by atoms with Gasteiger partial charge in [-0.1, -0.05) is 11.6 Å². The number of hydrogen-bond acceptors (Lipinski definition) is 5. The summed E-state index contributed by atoms with van der Waals surface area (Å²) in [4.78, 5) is 16.0.